The lowest BCUT2D eigenvalue weighted by Crippen LogP contribution is -2.35. The van der Waals surface area contributed by atoms with Crippen molar-refractivity contribution < 1.29 is 19.4 Å². The minimum absolute atomic E-state index is 0.0787. The van der Waals surface area contributed by atoms with Crippen molar-refractivity contribution in [3.8, 4) is 0 Å². The van der Waals surface area contributed by atoms with E-state index < -0.39 is 5.97 Å². The number of aliphatic carboxylic acids is 1. The molecule has 1 heterocycles. The summed E-state index contributed by atoms with van der Waals surface area (Å²) < 4.78 is 5.41. The molecule has 6 nitrogen and oxygen atoms in total. The normalized spacial score (nSPS) is 17.7. The zero-order chi connectivity index (χ0) is 14.4. The first-order valence-electron chi connectivity index (χ1n) is 6.61. The van der Waals surface area contributed by atoms with Gasteiger partial charge in [-0.15, -0.1) is 0 Å². The molecule has 1 aromatic rings. The minimum Gasteiger partial charge on any atom is -0.481 e. The van der Waals surface area contributed by atoms with Crippen molar-refractivity contribution in [3.05, 3.63) is 29.8 Å². The van der Waals surface area contributed by atoms with Gasteiger partial charge in [0.05, 0.1) is 12.5 Å². The van der Waals surface area contributed by atoms with Gasteiger partial charge in [-0.2, -0.15) is 0 Å². The Kier molecular flexibility index (Phi) is 4.95. The monoisotopic (exact) mass is 278 g/mol. The van der Waals surface area contributed by atoms with Crippen molar-refractivity contribution in [3.63, 3.8) is 0 Å². The Labute approximate surface area is 117 Å². The summed E-state index contributed by atoms with van der Waals surface area (Å²) in [5.74, 6) is -0.931. The number of amides is 2. The molecule has 1 aliphatic heterocycles. The van der Waals surface area contributed by atoms with Crippen LogP contribution in [-0.2, 0) is 16.0 Å². The molecule has 0 radical (unpaired) electrons. The first-order chi connectivity index (χ1) is 9.65. The maximum Gasteiger partial charge on any atom is 0.319 e. The van der Waals surface area contributed by atoms with Crippen LogP contribution in [-0.4, -0.2) is 36.4 Å². The van der Waals surface area contributed by atoms with Crippen LogP contribution in [0.1, 0.15) is 18.4 Å². The molecule has 0 aromatic heterocycles. The molecule has 2 rings (SSSR count). The van der Waals surface area contributed by atoms with Crippen LogP contribution in [0, 0.1) is 0 Å². The average molecular weight is 278 g/mol. The SMILES string of the molecule is O=C(O)Cc1ccccc1NC(=O)NCC1CCCO1. The van der Waals surface area contributed by atoms with E-state index in [4.69, 9.17) is 9.84 Å². The predicted octanol–water partition coefficient (Wildman–Crippen LogP) is 1.61. The third kappa shape index (κ3) is 4.24. The number of hydrogen-bond acceptors (Lipinski definition) is 3. The van der Waals surface area contributed by atoms with Crippen molar-refractivity contribution in [2.24, 2.45) is 0 Å². The van der Waals surface area contributed by atoms with Gasteiger partial charge in [-0.1, -0.05) is 18.2 Å². The van der Waals surface area contributed by atoms with Crippen LogP contribution in [0.3, 0.4) is 0 Å². The Hall–Kier alpha value is -2.08. The number of para-hydroxylation sites is 1. The Balaban J connectivity index is 1.88. The van der Waals surface area contributed by atoms with Crippen LogP contribution in [0.4, 0.5) is 10.5 Å². The molecule has 1 saturated heterocycles. The number of carboxylic acid groups (broad SMARTS) is 1. The highest BCUT2D eigenvalue weighted by Crippen LogP contribution is 2.16. The van der Waals surface area contributed by atoms with Gasteiger partial charge in [0, 0.05) is 18.8 Å². The van der Waals surface area contributed by atoms with E-state index in [0.29, 0.717) is 17.8 Å². The van der Waals surface area contributed by atoms with Crippen molar-refractivity contribution >= 4 is 17.7 Å². The summed E-state index contributed by atoms with van der Waals surface area (Å²) >= 11 is 0. The van der Waals surface area contributed by atoms with Crippen LogP contribution < -0.4 is 10.6 Å². The maximum absolute atomic E-state index is 11.8. The smallest absolute Gasteiger partial charge is 0.319 e. The molecule has 20 heavy (non-hydrogen) atoms. The van der Waals surface area contributed by atoms with E-state index in [1.807, 2.05) is 0 Å². The highest BCUT2D eigenvalue weighted by molar-refractivity contribution is 5.90. The summed E-state index contributed by atoms with van der Waals surface area (Å²) in [6.07, 6.45) is 1.93. The van der Waals surface area contributed by atoms with Gasteiger partial charge in [0.15, 0.2) is 0 Å². The summed E-state index contributed by atoms with van der Waals surface area (Å²) in [6, 6.07) is 6.51. The number of ether oxygens (including phenoxy) is 1. The number of anilines is 1. The number of urea groups is 1. The molecule has 1 aliphatic rings. The number of nitrogens with one attached hydrogen (secondary N) is 2. The minimum atomic E-state index is -0.931. The Morgan fingerprint density at radius 2 is 2.15 bits per heavy atom. The molecule has 0 aliphatic carbocycles. The summed E-state index contributed by atoms with van der Waals surface area (Å²) in [5, 5.41) is 14.2. The second-order valence-electron chi connectivity index (χ2n) is 4.70. The average Bonchev–Trinajstić information content (AvgIpc) is 2.91. The lowest BCUT2D eigenvalue weighted by atomic mass is 10.1. The van der Waals surface area contributed by atoms with Crippen molar-refractivity contribution in [2.75, 3.05) is 18.5 Å². The summed E-state index contributed by atoms with van der Waals surface area (Å²) in [7, 11) is 0. The number of benzene rings is 1. The van der Waals surface area contributed by atoms with Crippen molar-refractivity contribution in [1.29, 1.82) is 0 Å². The number of rotatable bonds is 5. The molecule has 1 aromatic carbocycles. The summed E-state index contributed by atoms with van der Waals surface area (Å²) in [5.41, 5.74) is 1.09. The molecule has 2 amide bonds. The second kappa shape index (κ2) is 6.91. The van der Waals surface area contributed by atoms with E-state index in [9.17, 15) is 9.59 Å². The number of carbonyl (C=O) groups is 2. The molecule has 1 atom stereocenters. The summed E-state index contributed by atoms with van der Waals surface area (Å²) in [4.78, 5) is 22.5. The number of hydrogen-bond donors (Lipinski definition) is 3. The molecular weight excluding hydrogens is 260 g/mol. The van der Waals surface area contributed by atoms with Crippen LogP contribution >= 0.6 is 0 Å². The molecule has 1 fully saturated rings. The number of carboxylic acids is 1. The van der Waals surface area contributed by atoms with Crippen LogP contribution in [0.25, 0.3) is 0 Å². The van der Waals surface area contributed by atoms with Crippen molar-refractivity contribution in [1.82, 2.24) is 5.32 Å². The van der Waals surface area contributed by atoms with Gasteiger partial charge in [-0.05, 0) is 24.5 Å². The molecule has 0 bridgehead atoms. The van der Waals surface area contributed by atoms with Gasteiger partial charge in [0.1, 0.15) is 0 Å². The molecule has 108 valence electrons. The van der Waals surface area contributed by atoms with Gasteiger partial charge in [0.25, 0.3) is 0 Å². The highest BCUT2D eigenvalue weighted by Gasteiger charge is 2.16. The van der Waals surface area contributed by atoms with Gasteiger partial charge >= 0.3 is 12.0 Å². The van der Waals surface area contributed by atoms with Crippen LogP contribution in [0.15, 0.2) is 24.3 Å². The van der Waals surface area contributed by atoms with Gasteiger partial charge in [0.2, 0.25) is 0 Å². The third-order valence-corrected chi connectivity index (χ3v) is 3.12. The third-order valence-electron chi connectivity index (χ3n) is 3.12. The Morgan fingerprint density at radius 1 is 1.35 bits per heavy atom. The second-order valence-corrected chi connectivity index (χ2v) is 4.70. The fraction of sp³-hybridized carbons (Fsp3) is 0.429. The van der Waals surface area contributed by atoms with Gasteiger partial charge in [-0.3, -0.25) is 4.79 Å². The molecule has 0 saturated carbocycles. The van der Waals surface area contributed by atoms with E-state index >= 15 is 0 Å². The number of carbonyl (C=O) groups excluding carboxylic acids is 1. The van der Waals surface area contributed by atoms with E-state index in [1.54, 1.807) is 24.3 Å². The van der Waals surface area contributed by atoms with E-state index in [2.05, 4.69) is 10.6 Å². The first kappa shape index (κ1) is 14.3. The van der Waals surface area contributed by atoms with E-state index in [-0.39, 0.29) is 18.6 Å². The Bertz CT molecular complexity index is 484. The van der Waals surface area contributed by atoms with E-state index in [0.717, 1.165) is 19.4 Å². The predicted molar refractivity (Wildman–Crippen MR) is 73.8 cm³/mol. The lowest BCUT2D eigenvalue weighted by molar-refractivity contribution is -0.136. The maximum atomic E-state index is 11.8. The molecule has 1 unspecified atom stereocenters. The zero-order valence-electron chi connectivity index (χ0n) is 11.1. The zero-order valence-corrected chi connectivity index (χ0v) is 11.1. The highest BCUT2D eigenvalue weighted by atomic mass is 16.5. The van der Waals surface area contributed by atoms with Gasteiger partial charge < -0.3 is 20.5 Å². The molecular formula is C14H18N2O4. The van der Waals surface area contributed by atoms with Crippen molar-refractivity contribution in [2.45, 2.75) is 25.4 Å². The topological polar surface area (TPSA) is 87.7 Å². The molecule has 3 N–H and O–H groups in total. The van der Waals surface area contributed by atoms with Gasteiger partial charge in [-0.25, -0.2) is 4.79 Å². The quantitative estimate of drug-likeness (QED) is 0.763. The Morgan fingerprint density at radius 3 is 2.85 bits per heavy atom. The van der Waals surface area contributed by atoms with E-state index in [1.165, 1.54) is 0 Å². The fourth-order valence-electron chi connectivity index (χ4n) is 2.14. The first-order valence-corrected chi connectivity index (χ1v) is 6.61. The van der Waals surface area contributed by atoms with Crippen LogP contribution in [0.5, 0.6) is 0 Å². The largest absolute Gasteiger partial charge is 0.481 e. The van der Waals surface area contributed by atoms with Crippen LogP contribution in [0.2, 0.25) is 0 Å². The lowest BCUT2D eigenvalue weighted by Gasteiger charge is -2.13. The molecule has 6 heteroatoms. The summed E-state index contributed by atoms with van der Waals surface area (Å²) in [6.45, 7) is 1.21. The standard InChI is InChI=1S/C14H18N2O4/c17-13(18)8-10-4-1-2-6-12(10)16-14(19)15-9-11-5-3-7-20-11/h1-2,4,6,11H,3,5,7-9H2,(H,17,18)(H2,15,16,19). The molecule has 0 spiro atoms. The fourth-order valence-corrected chi connectivity index (χ4v) is 2.14.